The quantitative estimate of drug-likeness (QED) is 0.693. The summed E-state index contributed by atoms with van der Waals surface area (Å²) in [6, 6.07) is 9.91. The van der Waals surface area contributed by atoms with Crippen molar-refractivity contribution in [3.05, 3.63) is 57.6 Å². The first kappa shape index (κ1) is 19.4. The highest BCUT2D eigenvalue weighted by atomic mass is 79.9. The van der Waals surface area contributed by atoms with Crippen LogP contribution < -0.4 is 15.2 Å². The van der Waals surface area contributed by atoms with Gasteiger partial charge in [0.2, 0.25) is 10.0 Å². The lowest BCUT2D eigenvalue weighted by atomic mass is 10.1. The van der Waals surface area contributed by atoms with Gasteiger partial charge in [-0.15, -0.1) is 0 Å². The number of hydrogen-bond donors (Lipinski definition) is 2. The van der Waals surface area contributed by atoms with Crippen molar-refractivity contribution in [2.24, 2.45) is 5.14 Å². The van der Waals surface area contributed by atoms with E-state index in [1.165, 1.54) is 18.2 Å². The highest BCUT2D eigenvalue weighted by Crippen LogP contribution is 2.22. The molecule has 0 saturated heterocycles. The smallest absolute Gasteiger partial charge is 0.252 e. The molecule has 0 aliphatic rings. The molecule has 0 bridgehead atoms. The van der Waals surface area contributed by atoms with Crippen molar-refractivity contribution in [3.8, 4) is 5.75 Å². The molecule has 0 unspecified atom stereocenters. The van der Waals surface area contributed by atoms with Crippen LogP contribution >= 0.6 is 15.9 Å². The zero-order valence-electron chi connectivity index (χ0n) is 13.9. The van der Waals surface area contributed by atoms with Crippen LogP contribution in [0, 0.1) is 13.8 Å². The van der Waals surface area contributed by atoms with E-state index in [9.17, 15) is 13.2 Å². The number of carbonyl (C=O) groups excluding carboxylic acids is 1. The molecular formula is C17H19BrN2O4S. The number of benzene rings is 2. The Hall–Kier alpha value is -1.90. The van der Waals surface area contributed by atoms with Gasteiger partial charge in [0, 0.05) is 4.47 Å². The van der Waals surface area contributed by atoms with E-state index in [0.717, 1.165) is 16.9 Å². The number of amides is 1. The highest BCUT2D eigenvalue weighted by Gasteiger charge is 2.15. The van der Waals surface area contributed by atoms with Gasteiger partial charge in [-0.25, -0.2) is 13.6 Å². The number of hydrogen-bond acceptors (Lipinski definition) is 4. The molecule has 134 valence electrons. The molecule has 3 N–H and O–H groups in total. The minimum Gasteiger partial charge on any atom is -0.491 e. The molecular weight excluding hydrogens is 408 g/mol. The number of para-hydroxylation sites is 1. The number of primary sulfonamides is 1. The van der Waals surface area contributed by atoms with Gasteiger partial charge in [0.25, 0.3) is 5.91 Å². The Morgan fingerprint density at radius 1 is 1.20 bits per heavy atom. The van der Waals surface area contributed by atoms with Crippen LogP contribution in [-0.2, 0) is 10.0 Å². The third kappa shape index (κ3) is 5.04. The van der Waals surface area contributed by atoms with E-state index in [0.29, 0.717) is 11.1 Å². The van der Waals surface area contributed by atoms with Crippen molar-refractivity contribution >= 4 is 31.9 Å². The molecule has 0 aromatic heterocycles. The lowest BCUT2D eigenvalue weighted by molar-refractivity contribution is 0.0946. The van der Waals surface area contributed by atoms with E-state index < -0.39 is 15.9 Å². The SMILES string of the molecule is Cc1cccc(C)c1OCCNC(=O)c1cc(S(N)(=O)=O)ccc1Br. The predicted molar refractivity (Wildman–Crippen MR) is 99.3 cm³/mol. The molecule has 1 amide bonds. The number of sulfonamides is 1. The van der Waals surface area contributed by atoms with Gasteiger partial charge in [0.1, 0.15) is 12.4 Å². The third-order valence-electron chi connectivity index (χ3n) is 3.55. The van der Waals surface area contributed by atoms with E-state index >= 15 is 0 Å². The lowest BCUT2D eigenvalue weighted by Crippen LogP contribution is -2.28. The average Bonchev–Trinajstić information content (AvgIpc) is 2.52. The number of halogens is 1. The maximum absolute atomic E-state index is 12.3. The summed E-state index contributed by atoms with van der Waals surface area (Å²) in [6.07, 6.45) is 0. The van der Waals surface area contributed by atoms with Crippen LogP contribution in [0.2, 0.25) is 0 Å². The van der Waals surface area contributed by atoms with Crippen LogP contribution in [0.5, 0.6) is 5.75 Å². The minimum absolute atomic E-state index is 0.118. The maximum Gasteiger partial charge on any atom is 0.252 e. The lowest BCUT2D eigenvalue weighted by Gasteiger charge is -2.13. The summed E-state index contributed by atoms with van der Waals surface area (Å²) in [5.74, 6) is 0.386. The molecule has 8 heteroatoms. The second-order valence-corrected chi connectivity index (χ2v) is 7.93. The van der Waals surface area contributed by atoms with Crippen molar-refractivity contribution < 1.29 is 17.9 Å². The molecule has 0 fully saturated rings. The van der Waals surface area contributed by atoms with Crippen molar-refractivity contribution in [1.29, 1.82) is 0 Å². The van der Waals surface area contributed by atoms with Crippen LogP contribution in [0.4, 0.5) is 0 Å². The summed E-state index contributed by atoms with van der Waals surface area (Å²) in [5.41, 5.74) is 2.24. The van der Waals surface area contributed by atoms with Gasteiger partial charge in [0.05, 0.1) is 17.0 Å². The Kier molecular flexibility index (Phi) is 6.21. The molecule has 2 rings (SSSR count). The summed E-state index contributed by atoms with van der Waals surface area (Å²) in [7, 11) is -3.87. The minimum atomic E-state index is -3.87. The van der Waals surface area contributed by atoms with Crippen molar-refractivity contribution in [3.63, 3.8) is 0 Å². The predicted octanol–water partition coefficient (Wildman–Crippen LogP) is 2.52. The molecule has 0 spiro atoms. The number of ether oxygens (including phenoxy) is 1. The first-order chi connectivity index (χ1) is 11.7. The fourth-order valence-electron chi connectivity index (χ4n) is 2.30. The Morgan fingerprint density at radius 3 is 2.44 bits per heavy atom. The Morgan fingerprint density at radius 2 is 1.84 bits per heavy atom. The van der Waals surface area contributed by atoms with Gasteiger partial charge in [-0.05, 0) is 59.1 Å². The van der Waals surface area contributed by atoms with Gasteiger partial charge in [-0.3, -0.25) is 4.79 Å². The van der Waals surface area contributed by atoms with E-state index in [-0.39, 0.29) is 17.0 Å². The monoisotopic (exact) mass is 426 g/mol. The molecule has 0 saturated carbocycles. The molecule has 2 aromatic rings. The number of rotatable bonds is 6. The van der Waals surface area contributed by atoms with Gasteiger partial charge in [-0.1, -0.05) is 18.2 Å². The molecule has 25 heavy (non-hydrogen) atoms. The normalized spacial score (nSPS) is 11.2. The molecule has 0 heterocycles. The number of carbonyl (C=O) groups is 1. The second kappa shape index (κ2) is 7.99. The largest absolute Gasteiger partial charge is 0.491 e. The Balaban J connectivity index is 1.99. The summed E-state index contributed by atoms with van der Waals surface area (Å²) in [4.78, 5) is 12.1. The summed E-state index contributed by atoms with van der Waals surface area (Å²) >= 11 is 3.23. The number of nitrogens with two attached hydrogens (primary N) is 1. The van der Waals surface area contributed by atoms with Crippen LogP contribution in [0.3, 0.4) is 0 Å². The summed E-state index contributed by atoms with van der Waals surface area (Å²) in [6.45, 7) is 4.48. The zero-order valence-corrected chi connectivity index (χ0v) is 16.3. The van der Waals surface area contributed by atoms with Crippen LogP contribution in [-0.4, -0.2) is 27.5 Å². The average molecular weight is 427 g/mol. The van der Waals surface area contributed by atoms with Crippen LogP contribution in [0.1, 0.15) is 21.5 Å². The van der Waals surface area contributed by atoms with E-state index in [1.54, 1.807) is 0 Å². The van der Waals surface area contributed by atoms with Crippen LogP contribution in [0.15, 0.2) is 45.8 Å². The topological polar surface area (TPSA) is 98.5 Å². The van der Waals surface area contributed by atoms with Crippen molar-refractivity contribution in [2.75, 3.05) is 13.2 Å². The van der Waals surface area contributed by atoms with E-state index in [4.69, 9.17) is 9.88 Å². The molecule has 0 atom stereocenters. The first-order valence-corrected chi connectivity index (χ1v) is 9.83. The Bertz CT molecular complexity index is 877. The van der Waals surface area contributed by atoms with Gasteiger partial charge < -0.3 is 10.1 Å². The molecule has 0 aliphatic heterocycles. The summed E-state index contributed by atoms with van der Waals surface area (Å²) < 4.78 is 29.0. The maximum atomic E-state index is 12.3. The molecule has 2 aromatic carbocycles. The number of aryl methyl sites for hydroxylation is 2. The molecule has 0 radical (unpaired) electrons. The van der Waals surface area contributed by atoms with Crippen LogP contribution in [0.25, 0.3) is 0 Å². The van der Waals surface area contributed by atoms with Crippen molar-refractivity contribution in [2.45, 2.75) is 18.7 Å². The van der Waals surface area contributed by atoms with E-state index in [2.05, 4.69) is 21.2 Å². The van der Waals surface area contributed by atoms with Gasteiger partial charge in [-0.2, -0.15) is 0 Å². The van der Waals surface area contributed by atoms with Crippen molar-refractivity contribution in [1.82, 2.24) is 5.32 Å². The third-order valence-corrected chi connectivity index (χ3v) is 5.16. The standard InChI is InChI=1S/C17H19BrN2O4S/c1-11-4-3-5-12(2)16(11)24-9-8-20-17(21)14-10-13(25(19,22)23)6-7-15(14)18/h3-7,10H,8-9H2,1-2H3,(H,20,21)(H2,19,22,23). The first-order valence-electron chi connectivity index (χ1n) is 7.49. The Labute approximate surface area is 155 Å². The van der Waals surface area contributed by atoms with Gasteiger partial charge in [0.15, 0.2) is 0 Å². The number of nitrogens with one attached hydrogen (secondary N) is 1. The highest BCUT2D eigenvalue weighted by molar-refractivity contribution is 9.10. The van der Waals surface area contributed by atoms with Gasteiger partial charge >= 0.3 is 0 Å². The molecule has 0 aliphatic carbocycles. The fraction of sp³-hybridized carbons (Fsp3) is 0.235. The van der Waals surface area contributed by atoms with E-state index in [1.807, 2.05) is 32.0 Å². The zero-order chi connectivity index (χ0) is 18.6. The second-order valence-electron chi connectivity index (χ2n) is 5.51. The summed E-state index contributed by atoms with van der Waals surface area (Å²) in [5, 5.41) is 7.79. The molecule has 6 nitrogen and oxygen atoms in total. The fourth-order valence-corrected chi connectivity index (χ4v) is 3.26.